The fourth-order valence-corrected chi connectivity index (χ4v) is 2.72. The first kappa shape index (κ1) is 16.6. The summed E-state index contributed by atoms with van der Waals surface area (Å²) in [4.78, 5) is 12.3. The van der Waals surface area contributed by atoms with Crippen molar-refractivity contribution in [2.24, 2.45) is 16.3 Å². The van der Waals surface area contributed by atoms with E-state index in [0.29, 0.717) is 12.8 Å². The summed E-state index contributed by atoms with van der Waals surface area (Å²) in [7, 11) is -3.89. The molecule has 0 spiro atoms. The van der Waals surface area contributed by atoms with Crippen molar-refractivity contribution >= 4 is 21.6 Å². The number of hydrogen-bond acceptors (Lipinski definition) is 4. The van der Waals surface area contributed by atoms with Gasteiger partial charge in [-0.25, -0.2) is 13.6 Å². The molecular formula is C13H21N3O3S. The maximum Gasteiger partial charge on any atom is 0.240 e. The molecule has 0 fully saturated rings. The highest BCUT2D eigenvalue weighted by Crippen LogP contribution is 2.28. The van der Waals surface area contributed by atoms with Crippen LogP contribution in [0.4, 0.5) is 5.69 Å². The minimum Gasteiger partial charge on any atom is -0.329 e. The summed E-state index contributed by atoms with van der Waals surface area (Å²) in [5.74, 6) is -0.291. The zero-order chi connectivity index (χ0) is 15.4. The standard InChI is InChI=1S/C13H21N3O3S/c1-3-13(4-2,9-14)12(17)16-10-7-5-6-8-11(10)20(15,18)19/h5-8H,3-4,9,14H2,1-2H3,(H,16,17)(H2,15,18,19). The molecule has 0 saturated heterocycles. The van der Waals surface area contributed by atoms with E-state index in [-0.39, 0.29) is 23.0 Å². The number of sulfonamides is 1. The number of benzene rings is 1. The second kappa shape index (κ2) is 6.34. The first-order valence-electron chi connectivity index (χ1n) is 6.44. The Hall–Kier alpha value is -1.44. The van der Waals surface area contributed by atoms with Crippen molar-refractivity contribution in [1.29, 1.82) is 0 Å². The molecule has 7 heteroatoms. The predicted octanol–water partition coefficient (Wildman–Crippen LogP) is 1.04. The molecule has 1 amide bonds. The number of carbonyl (C=O) groups is 1. The molecule has 0 aliphatic rings. The van der Waals surface area contributed by atoms with Crippen molar-refractivity contribution in [3.8, 4) is 0 Å². The van der Waals surface area contributed by atoms with Crippen LogP contribution in [0.5, 0.6) is 0 Å². The smallest absolute Gasteiger partial charge is 0.240 e. The van der Waals surface area contributed by atoms with Crippen molar-refractivity contribution in [3.63, 3.8) is 0 Å². The molecule has 0 unspecified atom stereocenters. The summed E-state index contributed by atoms with van der Waals surface area (Å²) < 4.78 is 23.0. The highest BCUT2D eigenvalue weighted by Gasteiger charge is 2.34. The first-order chi connectivity index (χ1) is 9.30. The normalized spacial score (nSPS) is 12.2. The second-order valence-electron chi connectivity index (χ2n) is 4.69. The zero-order valence-corrected chi connectivity index (χ0v) is 12.5. The third-order valence-electron chi connectivity index (χ3n) is 3.67. The van der Waals surface area contributed by atoms with E-state index in [1.165, 1.54) is 12.1 Å². The average molecular weight is 299 g/mol. The summed E-state index contributed by atoms with van der Waals surface area (Å²) in [5, 5.41) is 7.77. The molecule has 0 aromatic heterocycles. The van der Waals surface area contributed by atoms with E-state index in [1.807, 2.05) is 13.8 Å². The van der Waals surface area contributed by atoms with Crippen LogP contribution >= 0.6 is 0 Å². The van der Waals surface area contributed by atoms with Gasteiger partial charge in [0.05, 0.1) is 11.1 Å². The van der Waals surface area contributed by atoms with Crippen LogP contribution in [0.25, 0.3) is 0 Å². The SMILES string of the molecule is CCC(CC)(CN)C(=O)Nc1ccccc1S(N)(=O)=O. The molecule has 112 valence electrons. The minimum absolute atomic E-state index is 0.105. The van der Waals surface area contributed by atoms with E-state index >= 15 is 0 Å². The number of nitrogens with two attached hydrogens (primary N) is 2. The number of amides is 1. The number of rotatable bonds is 6. The Bertz CT molecular complexity index is 572. The topological polar surface area (TPSA) is 115 Å². The van der Waals surface area contributed by atoms with Crippen LogP contribution in [-0.2, 0) is 14.8 Å². The Morgan fingerprint density at radius 2 is 1.80 bits per heavy atom. The summed E-state index contributed by atoms with van der Waals surface area (Å²) in [6.45, 7) is 3.95. The largest absolute Gasteiger partial charge is 0.329 e. The third kappa shape index (κ3) is 3.36. The van der Waals surface area contributed by atoms with Gasteiger partial charge in [-0.1, -0.05) is 26.0 Å². The second-order valence-corrected chi connectivity index (χ2v) is 6.22. The van der Waals surface area contributed by atoms with Gasteiger partial charge in [0.25, 0.3) is 0 Å². The maximum absolute atomic E-state index is 12.4. The Kier molecular flexibility index (Phi) is 5.27. The Morgan fingerprint density at radius 1 is 1.25 bits per heavy atom. The van der Waals surface area contributed by atoms with Gasteiger partial charge in [-0.3, -0.25) is 4.79 Å². The number of primary sulfonamides is 1. The number of nitrogens with one attached hydrogen (secondary N) is 1. The molecule has 0 radical (unpaired) electrons. The van der Waals surface area contributed by atoms with Crippen LogP contribution in [0.1, 0.15) is 26.7 Å². The van der Waals surface area contributed by atoms with Crippen molar-refractivity contribution in [1.82, 2.24) is 0 Å². The van der Waals surface area contributed by atoms with Crippen LogP contribution in [0.15, 0.2) is 29.2 Å². The van der Waals surface area contributed by atoms with Crippen LogP contribution in [-0.4, -0.2) is 20.9 Å². The van der Waals surface area contributed by atoms with Gasteiger partial charge in [0.15, 0.2) is 0 Å². The molecule has 0 bridgehead atoms. The summed E-state index contributed by atoms with van der Waals surface area (Å²) in [6.07, 6.45) is 1.15. The van der Waals surface area contributed by atoms with Crippen molar-refractivity contribution in [3.05, 3.63) is 24.3 Å². The molecule has 1 aromatic rings. The van der Waals surface area contributed by atoms with E-state index in [0.717, 1.165) is 0 Å². The molecule has 0 atom stereocenters. The predicted molar refractivity (Wildman–Crippen MR) is 78.5 cm³/mol. The molecular weight excluding hydrogens is 278 g/mol. The molecule has 0 aliphatic carbocycles. The lowest BCUT2D eigenvalue weighted by molar-refractivity contribution is -0.125. The molecule has 1 aromatic carbocycles. The molecule has 0 heterocycles. The quantitative estimate of drug-likeness (QED) is 0.727. The van der Waals surface area contributed by atoms with Gasteiger partial charge in [0.2, 0.25) is 15.9 Å². The number of para-hydroxylation sites is 1. The van der Waals surface area contributed by atoms with Gasteiger partial charge < -0.3 is 11.1 Å². The van der Waals surface area contributed by atoms with Crippen LogP contribution in [0.2, 0.25) is 0 Å². The van der Waals surface area contributed by atoms with Gasteiger partial charge in [-0.2, -0.15) is 0 Å². The molecule has 20 heavy (non-hydrogen) atoms. The molecule has 0 saturated carbocycles. The Morgan fingerprint density at radius 3 is 2.25 bits per heavy atom. The van der Waals surface area contributed by atoms with Crippen LogP contribution in [0, 0.1) is 5.41 Å². The van der Waals surface area contributed by atoms with E-state index < -0.39 is 15.4 Å². The molecule has 0 aliphatic heterocycles. The van der Waals surface area contributed by atoms with E-state index in [2.05, 4.69) is 5.32 Å². The molecule has 1 rings (SSSR count). The first-order valence-corrected chi connectivity index (χ1v) is 7.98. The summed E-state index contributed by atoms with van der Waals surface area (Å²) >= 11 is 0. The zero-order valence-electron chi connectivity index (χ0n) is 11.7. The van der Waals surface area contributed by atoms with Gasteiger partial charge >= 0.3 is 0 Å². The monoisotopic (exact) mass is 299 g/mol. The minimum atomic E-state index is -3.89. The summed E-state index contributed by atoms with van der Waals surface area (Å²) in [6, 6.07) is 6.04. The van der Waals surface area contributed by atoms with Crippen LogP contribution < -0.4 is 16.2 Å². The number of anilines is 1. The summed E-state index contributed by atoms with van der Waals surface area (Å²) in [5.41, 5.74) is 5.18. The number of carbonyl (C=O) groups excluding carboxylic acids is 1. The fourth-order valence-electron chi connectivity index (χ4n) is 2.03. The Labute approximate surface area is 119 Å². The number of hydrogen-bond donors (Lipinski definition) is 3. The highest BCUT2D eigenvalue weighted by molar-refractivity contribution is 7.89. The van der Waals surface area contributed by atoms with Crippen LogP contribution in [0.3, 0.4) is 0 Å². The highest BCUT2D eigenvalue weighted by atomic mass is 32.2. The van der Waals surface area contributed by atoms with Gasteiger partial charge in [-0.15, -0.1) is 0 Å². The lowest BCUT2D eigenvalue weighted by Crippen LogP contribution is -2.41. The van der Waals surface area contributed by atoms with E-state index in [4.69, 9.17) is 10.9 Å². The Balaban J connectivity index is 3.15. The average Bonchev–Trinajstić information content (AvgIpc) is 2.41. The van der Waals surface area contributed by atoms with Crippen molar-refractivity contribution in [2.45, 2.75) is 31.6 Å². The third-order valence-corrected chi connectivity index (χ3v) is 4.64. The van der Waals surface area contributed by atoms with Gasteiger partial charge in [0, 0.05) is 6.54 Å². The van der Waals surface area contributed by atoms with Gasteiger partial charge in [-0.05, 0) is 25.0 Å². The van der Waals surface area contributed by atoms with E-state index in [9.17, 15) is 13.2 Å². The van der Waals surface area contributed by atoms with Gasteiger partial charge in [0.1, 0.15) is 4.90 Å². The molecule has 5 N–H and O–H groups in total. The fraction of sp³-hybridized carbons (Fsp3) is 0.462. The van der Waals surface area contributed by atoms with E-state index in [1.54, 1.807) is 12.1 Å². The maximum atomic E-state index is 12.4. The lowest BCUT2D eigenvalue weighted by Gasteiger charge is -2.28. The lowest BCUT2D eigenvalue weighted by atomic mass is 9.81. The molecule has 6 nitrogen and oxygen atoms in total. The van der Waals surface area contributed by atoms with Crippen molar-refractivity contribution < 1.29 is 13.2 Å². The van der Waals surface area contributed by atoms with Crippen molar-refractivity contribution in [2.75, 3.05) is 11.9 Å².